The number of benzene rings is 1. The van der Waals surface area contributed by atoms with Gasteiger partial charge in [-0.2, -0.15) is 5.10 Å². The minimum Gasteiger partial charge on any atom is -0.335 e. The Morgan fingerprint density at radius 2 is 1.91 bits per heavy atom. The molecule has 1 aliphatic rings. The fourth-order valence-electron chi connectivity index (χ4n) is 4.15. The molecule has 8 nitrogen and oxygen atoms in total. The SMILES string of the molecule is Cc1cc(C)n(-c2nnc(SCC(=O)N(Cc3ccc(F)cc3)C3CCCCC3)n2N)n1. The van der Waals surface area contributed by atoms with Crippen LogP contribution in [0, 0.1) is 19.7 Å². The second-order valence-corrected chi connectivity index (χ2v) is 9.16. The quantitative estimate of drug-likeness (QED) is 0.432. The van der Waals surface area contributed by atoms with Gasteiger partial charge >= 0.3 is 0 Å². The lowest BCUT2D eigenvalue weighted by Gasteiger charge is -2.34. The van der Waals surface area contributed by atoms with Crippen LogP contribution in [0.15, 0.2) is 35.5 Å². The zero-order valence-electron chi connectivity index (χ0n) is 18.4. The molecule has 170 valence electrons. The van der Waals surface area contributed by atoms with E-state index in [9.17, 15) is 9.18 Å². The molecular weight excluding hydrogens is 429 g/mol. The van der Waals surface area contributed by atoms with E-state index in [2.05, 4.69) is 15.3 Å². The fraction of sp³-hybridized carbons (Fsp3) is 0.455. The molecule has 32 heavy (non-hydrogen) atoms. The Labute approximate surface area is 191 Å². The van der Waals surface area contributed by atoms with Crippen molar-refractivity contribution in [3.05, 3.63) is 53.1 Å². The van der Waals surface area contributed by atoms with E-state index in [-0.39, 0.29) is 23.5 Å². The molecule has 0 unspecified atom stereocenters. The van der Waals surface area contributed by atoms with Crippen LogP contribution in [0.25, 0.3) is 5.95 Å². The van der Waals surface area contributed by atoms with Crippen molar-refractivity contribution in [2.75, 3.05) is 11.6 Å². The highest BCUT2D eigenvalue weighted by Gasteiger charge is 2.26. The van der Waals surface area contributed by atoms with Gasteiger partial charge in [0.1, 0.15) is 5.82 Å². The average Bonchev–Trinajstić information content (AvgIpc) is 3.32. The number of hydrogen-bond acceptors (Lipinski definition) is 6. The minimum absolute atomic E-state index is 0.0156. The molecule has 1 aromatic carbocycles. The first kappa shape index (κ1) is 22.3. The Hall–Kier alpha value is -2.88. The number of hydrogen-bond donors (Lipinski definition) is 1. The Kier molecular flexibility index (Phi) is 6.78. The monoisotopic (exact) mass is 457 g/mol. The van der Waals surface area contributed by atoms with E-state index in [1.807, 2.05) is 24.8 Å². The van der Waals surface area contributed by atoms with Crippen molar-refractivity contribution >= 4 is 17.7 Å². The molecular formula is C22H28FN7OS. The number of aromatic nitrogens is 5. The van der Waals surface area contributed by atoms with Crippen molar-refractivity contribution in [3.8, 4) is 5.95 Å². The molecule has 0 aliphatic heterocycles. The Bertz CT molecular complexity index is 1070. The van der Waals surface area contributed by atoms with Crippen molar-refractivity contribution < 1.29 is 9.18 Å². The second-order valence-electron chi connectivity index (χ2n) is 8.22. The van der Waals surface area contributed by atoms with Crippen molar-refractivity contribution in [2.24, 2.45) is 0 Å². The molecule has 1 saturated carbocycles. The lowest BCUT2D eigenvalue weighted by molar-refractivity contribution is -0.132. The normalized spacial score (nSPS) is 14.6. The number of nitrogens with two attached hydrogens (primary N) is 1. The summed E-state index contributed by atoms with van der Waals surface area (Å²) in [7, 11) is 0. The summed E-state index contributed by atoms with van der Waals surface area (Å²) in [5, 5.41) is 13.2. The lowest BCUT2D eigenvalue weighted by Crippen LogP contribution is -2.42. The van der Waals surface area contributed by atoms with Crippen LogP contribution >= 0.6 is 11.8 Å². The van der Waals surface area contributed by atoms with Crippen LogP contribution in [0.3, 0.4) is 0 Å². The van der Waals surface area contributed by atoms with Gasteiger partial charge in [-0.1, -0.05) is 43.2 Å². The first-order valence-electron chi connectivity index (χ1n) is 10.8. The van der Waals surface area contributed by atoms with Gasteiger partial charge in [0.25, 0.3) is 5.95 Å². The summed E-state index contributed by atoms with van der Waals surface area (Å²) in [5.74, 6) is 6.55. The highest BCUT2D eigenvalue weighted by Crippen LogP contribution is 2.26. The van der Waals surface area contributed by atoms with Crippen molar-refractivity contribution in [1.29, 1.82) is 0 Å². The van der Waals surface area contributed by atoms with Crippen LogP contribution in [-0.2, 0) is 11.3 Å². The highest BCUT2D eigenvalue weighted by atomic mass is 32.2. The van der Waals surface area contributed by atoms with Gasteiger partial charge in [-0.25, -0.2) is 13.7 Å². The first-order valence-corrected chi connectivity index (χ1v) is 11.8. The summed E-state index contributed by atoms with van der Waals surface area (Å²) in [6.45, 7) is 4.29. The molecule has 10 heteroatoms. The molecule has 0 bridgehead atoms. The van der Waals surface area contributed by atoms with E-state index in [4.69, 9.17) is 5.84 Å². The third kappa shape index (κ3) is 4.95. The number of halogens is 1. The van der Waals surface area contributed by atoms with Crippen molar-refractivity contribution in [1.82, 2.24) is 29.6 Å². The maximum absolute atomic E-state index is 13.3. The topological polar surface area (TPSA) is 94.9 Å². The molecule has 0 atom stereocenters. The standard InChI is InChI=1S/C22H28FN7OS/c1-15-12-16(2)30(27-15)21-25-26-22(29(21)24)32-14-20(31)28(19-6-4-3-5-7-19)13-17-8-10-18(23)11-9-17/h8-12,19H,3-7,13-14,24H2,1-2H3. The van der Waals surface area contributed by atoms with E-state index in [0.717, 1.165) is 42.6 Å². The molecule has 0 spiro atoms. The Morgan fingerprint density at radius 1 is 1.19 bits per heavy atom. The lowest BCUT2D eigenvalue weighted by atomic mass is 9.94. The molecule has 2 aromatic heterocycles. The van der Waals surface area contributed by atoms with Crippen LogP contribution in [0.1, 0.15) is 49.1 Å². The van der Waals surface area contributed by atoms with Crippen molar-refractivity contribution in [2.45, 2.75) is 63.7 Å². The third-order valence-electron chi connectivity index (χ3n) is 5.77. The zero-order valence-corrected chi connectivity index (χ0v) is 19.2. The summed E-state index contributed by atoms with van der Waals surface area (Å²) < 4.78 is 16.3. The zero-order chi connectivity index (χ0) is 22.7. The first-order chi connectivity index (χ1) is 15.4. The number of carbonyl (C=O) groups excluding carboxylic acids is 1. The fourth-order valence-corrected chi connectivity index (χ4v) is 4.89. The van der Waals surface area contributed by atoms with Gasteiger partial charge in [0.15, 0.2) is 0 Å². The largest absolute Gasteiger partial charge is 0.335 e. The summed E-state index contributed by atoms with van der Waals surface area (Å²) in [6.07, 6.45) is 5.43. The van der Waals surface area contributed by atoms with Gasteiger partial charge in [0.05, 0.1) is 11.4 Å². The summed E-state index contributed by atoms with van der Waals surface area (Å²) in [4.78, 5) is 15.2. The number of nitrogen functional groups attached to an aromatic ring is 1. The predicted octanol–water partition coefficient (Wildman–Crippen LogP) is 3.39. The van der Waals surface area contributed by atoms with Crippen LogP contribution in [0.5, 0.6) is 0 Å². The van der Waals surface area contributed by atoms with Crippen LogP contribution in [-0.4, -0.2) is 47.3 Å². The van der Waals surface area contributed by atoms with Gasteiger partial charge in [-0.3, -0.25) is 4.79 Å². The van der Waals surface area contributed by atoms with Crippen LogP contribution in [0.2, 0.25) is 0 Å². The summed E-state index contributed by atoms with van der Waals surface area (Å²) >= 11 is 1.26. The number of thioether (sulfide) groups is 1. The molecule has 1 fully saturated rings. The minimum atomic E-state index is -0.277. The molecule has 0 radical (unpaired) electrons. The molecule has 4 rings (SSSR count). The van der Waals surface area contributed by atoms with Gasteiger partial charge in [0, 0.05) is 18.3 Å². The highest BCUT2D eigenvalue weighted by molar-refractivity contribution is 7.99. The number of carbonyl (C=O) groups is 1. The van der Waals surface area contributed by atoms with Gasteiger partial charge in [0.2, 0.25) is 11.1 Å². The van der Waals surface area contributed by atoms with Crippen molar-refractivity contribution in [3.63, 3.8) is 0 Å². The molecule has 2 heterocycles. The van der Waals surface area contributed by atoms with E-state index in [1.165, 1.54) is 35.0 Å². The summed E-state index contributed by atoms with van der Waals surface area (Å²) in [5.41, 5.74) is 2.68. The molecule has 2 N–H and O–H groups in total. The van der Waals surface area contributed by atoms with Gasteiger partial charge < -0.3 is 10.7 Å². The van der Waals surface area contributed by atoms with E-state index in [1.54, 1.807) is 16.8 Å². The number of aryl methyl sites for hydroxylation is 2. The van der Waals surface area contributed by atoms with Crippen LogP contribution in [0.4, 0.5) is 4.39 Å². The van der Waals surface area contributed by atoms with Gasteiger partial charge in [-0.15, -0.1) is 10.2 Å². The molecule has 3 aromatic rings. The maximum atomic E-state index is 13.3. The maximum Gasteiger partial charge on any atom is 0.271 e. The molecule has 1 aliphatic carbocycles. The number of nitrogens with zero attached hydrogens (tertiary/aromatic N) is 6. The Balaban J connectivity index is 1.47. The van der Waals surface area contributed by atoms with Gasteiger partial charge in [-0.05, 0) is 50.5 Å². The second kappa shape index (κ2) is 9.72. The smallest absolute Gasteiger partial charge is 0.271 e. The van der Waals surface area contributed by atoms with Crippen LogP contribution < -0.4 is 5.84 Å². The van der Waals surface area contributed by atoms with E-state index < -0.39 is 0 Å². The van der Waals surface area contributed by atoms with E-state index >= 15 is 0 Å². The molecule has 0 saturated heterocycles. The predicted molar refractivity (Wildman–Crippen MR) is 121 cm³/mol. The Morgan fingerprint density at radius 3 is 2.56 bits per heavy atom. The third-order valence-corrected chi connectivity index (χ3v) is 6.70. The number of amides is 1. The van der Waals surface area contributed by atoms with E-state index in [0.29, 0.717) is 17.6 Å². The number of rotatable bonds is 7. The molecule has 1 amide bonds. The summed E-state index contributed by atoms with van der Waals surface area (Å²) in [6, 6.07) is 8.48. The average molecular weight is 458 g/mol.